The van der Waals surface area contributed by atoms with E-state index >= 15 is 0 Å². The van der Waals surface area contributed by atoms with Crippen LogP contribution in [0, 0.1) is 0 Å². The summed E-state index contributed by atoms with van der Waals surface area (Å²) in [6.07, 6.45) is 1.09. The number of anilines is 1. The third-order valence-electron chi connectivity index (χ3n) is 5.86. The molecule has 0 aromatic heterocycles. The Labute approximate surface area is 226 Å². The molecular formula is C27H26F2NNaO4. The molecule has 178 valence electrons. The average molecular weight is 489 g/mol. The first-order valence-electron chi connectivity index (χ1n) is 11.3. The van der Waals surface area contributed by atoms with Gasteiger partial charge in [0.05, 0.1) is 6.54 Å². The van der Waals surface area contributed by atoms with E-state index in [1.54, 1.807) is 12.1 Å². The second-order valence-corrected chi connectivity index (χ2v) is 8.27. The maximum Gasteiger partial charge on any atom is 1.00 e. The molecule has 1 aliphatic rings. The first-order valence-corrected chi connectivity index (χ1v) is 11.3. The summed E-state index contributed by atoms with van der Waals surface area (Å²) >= 11 is 0. The molecule has 8 heteroatoms. The van der Waals surface area contributed by atoms with Crippen LogP contribution in [-0.4, -0.2) is 31.6 Å². The van der Waals surface area contributed by atoms with Crippen LogP contribution in [0.25, 0.3) is 0 Å². The fourth-order valence-electron chi connectivity index (χ4n) is 4.12. The van der Waals surface area contributed by atoms with Gasteiger partial charge in [-0.05, 0) is 59.9 Å². The number of fused-ring (bicyclic) bond motifs is 1. The number of ether oxygens (including phenoxy) is 2. The Bertz CT molecular complexity index is 1110. The Balaban J connectivity index is 0.00000342. The molecule has 0 radical (unpaired) electrons. The zero-order valence-corrected chi connectivity index (χ0v) is 21.7. The van der Waals surface area contributed by atoms with Gasteiger partial charge in [-0.2, -0.15) is 8.78 Å². The molecule has 4 rings (SSSR count). The minimum atomic E-state index is -3.90. The summed E-state index contributed by atoms with van der Waals surface area (Å²) in [6, 6.07) is 22.0. The van der Waals surface area contributed by atoms with Gasteiger partial charge in [0.1, 0.15) is 30.7 Å². The number of halogens is 2. The van der Waals surface area contributed by atoms with Gasteiger partial charge < -0.3 is 24.3 Å². The molecule has 0 bridgehead atoms. The van der Waals surface area contributed by atoms with Gasteiger partial charge in [0, 0.05) is 18.7 Å². The summed E-state index contributed by atoms with van der Waals surface area (Å²) < 4.78 is 38.5. The number of carboxylic acids is 1. The van der Waals surface area contributed by atoms with Gasteiger partial charge in [-0.15, -0.1) is 0 Å². The molecule has 0 spiro atoms. The maximum absolute atomic E-state index is 13.4. The standard InChI is InChI=1S/C27H27F2NO4.Na/c28-27(29,26(31)32)18-20-11-13-23(14-12-20)34-19-21-6-4-10-25-24(21)9-5-15-30(25)16-17-33-22-7-2-1-3-8-22;/h1-4,6-8,10-14H,5,9,15-19H2,(H,31,32);/q;+1/p-1. The molecule has 0 saturated carbocycles. The van der Waals surface area contributed by atoms with Gasteiger partial charge in [-0.1, -0.05) is 42.5 Å². The summed E-state index contributed by atoms with van der Waals surface area (Å²) in [7, 11) is 0. The van der Waals surface area contributed by atoms with Gasteiger partial charge in [0.2, 0.25) is 0 Å². The predicted molar refractivity (Wildman–Crippen MR) is 123 cm³/mol. The Hall–Kier alpha value is -2.61. The van der Waals surface area contributed by atoms with Gasteiger partial charge in [-0.3, -0.25) is 0 Å². The smallest absolute Gasteiger partial charge is 0.544 e. The third-order valence-corrected chi connectivity index (χ3v) is 5.86. The van der Waals surface area contributed by atoms with Crippen LogP contribution in [0.1, 0.15) is 23.1 Å². The van der Waals surface area contributed by atoms with Crippen molar-refractivity contribution in [2.75, 3.05) is 24.6 Å². The number of rotatable bonds is 10. The summed E-state index contributed by atoms with van der Waals surface area (Å²) in [5.74, 6) is -4.88. The molecule has 0 amide bonds. The topological polar surface area (TPSA) is 61.8 Å². The fourth-order valence-corrected chi connectivity index (χ4v) is 4.12. The number of alkyl halides is 2. The Morgan fingerprint density at radius 1 is 0.943 bits per heavy atom. The Kier molecular flexibility index (Phi) is 9.55. The number of carboxylic acid groups (broad SMARTS) is 1. The molecule has 0 unspecified atom stereocenters. The van der Waals surface area contributed by atoms with Crippen molar-refractivity contribution < 1.29 is 57.7 Å². The van der Waals surface area contributed by atoms with Crippen LogP contribution >= 0.6 is 0 Å². The molecule has 5 nitrogen and oxygen atoms in total. The largest absolute Gasteiger partial charge is 1.00 e. The van der Waals surface area contributed by atoms with E-state index in [-0.39, 0.29) is 35.1 Å². The van der Waals surface area contributed by atoms with E-state index in [1.807, 2.05) is 42.5 Å². The normalized spacial score (nSPS) is 12.9. The van der Waals surface area contributed by atoms with Gasteiger partial charge in [0.15, 0.2) is 0 Å². The molecule has 1 heterocycles. The van der Waals surface area contributed by atoms with E-state index in [0.29, 0.717) is 19.0 Å². The molecule has 0 atom stereocenters. The number of carbonyl (C=O) groups is 1. The van der Waals surface area contributed by atoms with Crippen molar-refractivity contribution >= 4 is 11.7 Å². The molecule has 35 heavy (non-hydrogen) atoms. The first kappa shape index (κ1) is 27.0. The van der Waals surface area contributed by atoms with Crippen LogP contribution < -0.4 is 49.0 Å². The van der Waals surface area contributed by atoms with E-state index in [2.05, 4.69) is 11.0 Å². The van der Waals surface area contributed by atoms with Crippen LogP contribution in [0.5, 0.6) is 11.5 Å². The number of hydrogen-bond acceptors (Lipinski definition) is 5. The van der Waals surface area contributed by atoms with Crippen molar-refractivity contribution in [1.29, 1.82) is 0 Å². The van der Waals surface area contributed by atoms with E-state index in [4.69, 9.17) is 9.47 Å². The minimum Gasteiger partial charge on any atom is -0.544 e. The summed E-state index contributed by atoms with van der Waals surface area (Å²) in [5, 5.41) is 10.5. The monoisotopic (exact) mass is 489 g/mol. The maximum atomic E-state index is 13.4. The Morgan fingerprint density at radius 3 is 2.37 bits per heavy atom. The van der Waals surface area contributed by atoms with E-state index in [1.165, 1.54) is 23.4 Å². The first-order chi connectivity index (χ1) is 16.4. The number of carbonyl (C=O) groups excluding carboxylic acids is 1. The molecule has 0 N–H and O–H groups in total. The summed E-state index contributed by atoms with van der Waals surface area (Å²) in [4.78, 5) is 12.9. The zero-order chi connectivity index (χ0) is 24.0. The van der Waals surface area contributed by atoms with E-state index < -0.39 is 18.3 Å². The third kappa shape index (κ3) is 7.19. The van der Waals surface area contributed by atoms with Crippen molar-refractivity contribution in [2.45, 2.75) is 31.8 Å². The molecule has 0 saturated heterocycles. The number of aliphatic carboxylic acids is 1. The SMILES string of the molecule is O=C([O-])C(F)(F)Cc1ccc(OCc2cccc3c2CCCN3CCOc2ccccc2)cc1.[Na+]. The summed E-state index contributed by atoms with van der Waals surface area (Å²) in [6.45, 7) is 2.69. The van der Waals surface area contributed by atoms with Crippen LogP contribution in [0.4, 0.5) is 14.5 Å². The average Bonchev–Trinajstić information content (AvgIpc) is 2.84. The number of hydrogen-bond donors (Lipinski definition) is 0. The van der Waals surface area contributed by atoms with Crippen LogP contribution in [0.2, 0.25) is 0 Å². The number of benzene rings is 3. The molecule has 3 aromatic carbocycles. The van der Waals surface area contributed by atoms with Crippen molar-refractivity contribution in [2.24, 2.45) is 0 Å². The van der Waals surface area contributed by atoms with Crippen molar-refractivity contribution in [3.8, 4) is 11.5 Å². The summed E-state index contributed by atoms with van der Waals surface area (Å²) in [5.41, 5.74) is 3.72. The van der Waals surface area contributed by atoms with E-state index in [0.717, 1.165) is 37.2 Å². The number of nitrogens with zero attached hydrogens (tertiary/aromatic N) is 1. The molecule has 1 aliphatic heterocycles. The fraction of sp³-hybridized carbons (Fsp3) is 0.296. The van der Waals surface area contributed by atoms with Crippen LogP contribution in [0.3, 0.4) is 0 Å². The minimum absolute atomic E-state index is 0. The second kappa shape index (κ2) is 12.4. The molecule has 3 aromatic rings. The van der Waals surface area contributed by atoms with Gasteiger partial charge in [0.25, 0.3) is 5.92 Å². The van der Waals surface area contributed by atoms with Crippen molar-refractivity contribution in [3.63, 3.8) is 0 Å². The van der Waals surface area contributed by atoms with Gasteiger partial charge in [-0.25, -0.2) is 0 Å². The van der Waals surface area contributed by atoms with E-state index in [9.17, 15) is 18.7 Å². The van der Waals surface area contributed by atoms with Crippen molar-refractivity contribution in [1.82, 2.24) is 0 Å². The second-order valence-electron chi connectivity index (χ2n) is 8.27. The number of para-hydroxylation sites is 1. The Morgan fingerprint density at radius 2 is 1.66 bits per heavy atom. The molecule has 0 fully saturated rings. The zero-order valence-electron chi connectivity index (χ0n) is 19.7. The van der Waals surface area contributed by atoms with Gasteiger partial charge >= 0.3 is 29.6 Å². The quantitative estimate of drug-likeness (QED) is 0.398. The van der Waals surface area contributed by atoms with Crippen molar-refractivity contribution in [3.05, 3.63) is 89.5 Å². The molecule has 0 aliphatic carbocycles. The van der Waals surface area contributed by atoms with Crippen LogP contribution in [-0.2, 0) is 24.2 Å². The molecular weight excluding hydrogens is 463 g/mol. The van der Waals surface area contributed by atoms with Crippen LogP contribution in [0.15, 0.2) is 72.8 Å². The predicted octanol–water partition coefficient (Wildman–Crippen LogP) is 1.03.